The van der Waals surface area contributed by atoms with Crippen LogP contribution < -0.4 is 10.2 Å². The molecule has 1 atom stereocenters. The van der Waals surface area contributed by atoms with Crippen LogP contribution in [-0.2, 0) is 4.74 Å². The van der Waals surface area contributed by atoms with Crippen LogP contribution in [0.3, 0.4) is 0 Å². The molecule has 1 unspecified atom stereocenters. The van der Waals surface area contributed by atoms with Crippen LogP contribution in [0.4, 0.5) is 14.9 Å². The number of carbonyl (C=O) groups excluding carboxylic acids is 1. The lowest BCUT2D eigenvalue weighted by Gasteiger charge is -2.35. The topological polar surface area (TPSA) is 41.6 Å². The molecule has 1 saturated heterocycles. The quantitative estimate of drug-likeness (QED) is 0.909. The number of alkyl carbamates (subject to hydrolysis) is 1. The second-order valence-electron chi connectivity index (χ2n) is 6.41. The summed E-state index contributed by atoms with van der Waals surface area (Å²) in [6, 6.07) is 6.51. The van der Waals surface area contributed by atoms with Crippen LogP contribution in [-0.4, -0.2) is 30.8 Å². The molecule has 1 amide bonds. The second kappa shape index (κ2) is 6.33. The van der Waals surface area contributed by atoms with Gasteiger partial charge in [0.2, 0.25) is 0 Å². The Hall–Kier alpha value is -1.78. The van der Waals surface area contributed by atoms with Crippen molar-refractivity contribution in [2.45, 2.75) is 45.3 Å². The first kappa shape index (κ1) is 15.6. The van der Waals surface area contributed by atoms with Crippen molar-refractivity contribution in [1.82, 2.24) is 5.32 Å². The highest BCUT2D eigenvalue weighted by atomic mass is 19.1. The van der Waals surface area contributed by atoms with Crippen LogP contribution in [0, 0.1) is 5.82 Å². The fourth-order valence-electron chi connectivity index (χ4n) is 2.46. The summed E-state index contributed by atoms with van der Waals surface area (Å²) in [5.74, 6) is -0.237. The molecule has 1 heterocycles. The first-order valence-corrected chi connectivity index (χ1v) is 7.33. The molecule has 1 aromatic rings. The number of nitrogens with zero attached hydrogens (tertiary/aromatic N) is 1. The van der Waals surface area contributed by atoms with E-state index in [0.29, 0.717) is 6.54 Å². The molecule has 21 heavy (non-hydrogen) atoms. The lowest BCUT2D eigenvalue weighted by Crippen LogP contribution is -2.49. The molecule has 0 bridgehead atoms. The van der Waals surface area contributed by atoms with Crippen molar-refractivity contribution < 1.29 is 13.9 Å². The molecule has 0 spiro atoms. The van der Waals surface area contributed by atoms with Crippen LogP contribution in [0.5, 0.6) is 0 Å². The highest BCUT2D eigenvalue weighted by Crippen LogP contribution is 2.20. The Labute approximate surface area is 125 Å². The van der Waals surface area contributed by atoms with Crippen molar-refractivity contribution >= 4 is 11.8 Å². The van der Waals surface area contributed by atoms with Crippen LogP contribution in [0.1, 0.15) is 33.6 Å². The van der Waals surface area contributed by atoms with Crippen LogP contribution in [0.15, 0.2) is 24.3 Å². The van der Waals surface area contributed by atoms with Crippen molar-refractivity contribution in [2.75, 3.05) is 18.0 Å². The molecule has 116 valence electrons. The van der Waals surface area contributed by atoms with Crippen LogP contribution in [0.2, 0.25) is 0 Å². The number of amides is 1. The van der Waals surface area contributed by atoms with Gasteiger partial charge in [-0.3, -0.25) is 0 Å². The van der Waals surface area contributed by atoms with Gasteiger partial charge in [0.15, 0.2) is 0 Å². The Balaban J connectivity index is 1.91. The molecular formula is C16H23FN2O2. The molecule has 4 nitrogen and oxygen atoms in total. The maximum Gasteiger partial charge on any atom is 0.407 e. The number of carbonyl (C=O) groups is 1. The Kier molecular flexibility index (Phi) is 4.70. The number of hydrogen-bond donors (Lipinski definition) is 1. The van der Waals surface area contributed by atoms with Gasteiger partial charge in [-0.05, 0) is 57.9 Å². The molecule has 0 aromatic heterocycles. The minimum atomic E-state index is -0.491. The van der Waals surface area contributed by atoms with Crippen LogP contribution >= 0.6 is 0 Å². The summed E-state index contributed by atoms with van der Waals surface area (Å²) in [5, 5.41) is 2.91. The molecule has 1 aromatic carbocycles. The van der Waals surface area contributed by atoms with Gasteiger partial charge in [0.05, 0.1) is 0 Å². The Morgan fingerprint density at radius 2 is 2.00 bits per heavy atom. The largest absolute Gasteiger partial charge is 0.444 e. The average Bonchev–Trinajstić information content (AvgIpc) is 2.37. The van der Waals surface area contributed by atoms with Gasteiger partial charge >= 0.3 is 6.09 Å². The number of ether oxygens (including phenoxy) is 1. The Morgan fingerprint density at radius 3 is 2.62 bits per heavy atom. The lowest BCUT2D eigenvalue weighted by atomic mass is 10.1. The third-order valence-electron chi connectivity index (χ3n) is 3.33. The zero-order valence-corrected chi connectivity index (χ0v) is 12.9. The van der Waals surface area contributed by atoms with E-state index in [-0.39, 0.29) is 18.0 Å². The molecule has 5 heteroatoms. The van der Waals surface area contributed by atoms with E-state index >= 15 is 0 Å². The summed E-state index contributed by atoms with van der Waals surface area (Å²) in [4.78, 5) is 14.0. The maximum absolute atomic E-state index is 13.0. The van der Waals surface area contributed by atoms with E-state index in [1.807, 2.05) is 20.8 Å². The summed E-state index contributed by atoms with van der Waals surface area (Å²) < 4.78 is 18.2. The number of hydrogen-bond acceptors (Lipinski definition) is 3. The molecule has 1 fully saturated rings. The molecule has 0 aliphatic carbocycles. The smallest absolute Gasteiger partial charge is 0.407 e. The normalized spacial score (nSPS) is 19.2. The number of anilines is 1. The predicted molar refractivity (Wildman–Crippen MR) is 81.0 cm³/mol. The van der Waals surface area contributed by atoms with Gasteiger partial charge in [0.1, 0.15) is 11.4 Å². The maximum atomic E-state index is 13.0. The van der Waals surface area contributed by atoms with Crippen molar-refractivity contribution in [3.05, 3.63) is 30.1 Å². The number of piperidine rings is 1. The van der Waals surface area contributed by atoms with Gasteiger partial charge in [0, 0.05) is 24.8 Å². The van der Waals surface area contributed by atoms with E-state index in [4.69, 9.17) is 4.74 Å². The molecule has 2 rings (SSSR count). The number of benzene rings is 1. The number of nitrogens with one attached hydrogen (secondary N) is 1. The minimum Gasteiger partial charge on any atom is -0.444 e. The summed E-state index contributed by atoms with van der Waals surface area (Å²) in [7, 11) is 0. The summed E-state index contributed by atoms with van der Waals surface area (Å²) in [6.45, 7) is 7.16. The zero-order chi connectivity index (χ0) is 15.5. The monoisotopic (exact) mass is 294 g/mol. The van der Waals surface area contributed by atoms with Crippen molar-refractivity contribution in [1.29, 1.82) is 0 Å². The van der Waals surface area contributed by atoms with Gasteiger partial charge in [-0.25, -0.2) is 9.18 Å². The van der Waals surface area contributed by atoms with E-state index < -0.39 is 5.60 Å². The predicted octanol–water partition coefficient (Wildman–Crippen LogP) is 3.32. The van der Waals surface area contributed by atoms with E-state index in [1.54, 1.807) is 12.1 Å². The van der Waals surface area contributed by atoms with E-state index in [2.05, 4.69) is 10.2 Å². The first-order chi connectivity index (χ1) is 9.83. The minimum absolute atomic E-state index is 0.0543. The Morgan fingerprint density at radius 1 is 1.33 bits per heavy atom. The first-order valence-electron chi connectivity index (χ1n) is 7.33. The third-order valence-corrected chi connectivity index (χ3v) is 3.33. The Bertz CT molecular complexity index is 482. The summed E-state index contributed by atoms with van der Waals surface area (Å²) >= 11 is 0. The molecule has 0 saturated carbocycles. The molecular weight excluding hydrogens is 271 g/mol. The molecule has 0 radical (unpaired) electrons. The molecule has 1 N–H and O–H groups in total. The van der Waals surface area contributed by atoms with Crippen LogP contribution in [0.25, 0.3) is 0 Å². The van der Waals surface area contributed by atoms with Crippen molar-refractivity contribution in [2.24, 2.45) is 0 Å². The standard InChI is InChI=1S/C16H23FN2O2/c1-16(2,3)21-15(20)18-13-5-4-10-19(11-13)14-8-6-12(17)7-9-14/h6-9,13H,4-5,10-11H2,1-3H3,(H,18,20). The van der Waals surface area contributed by atoms with Crippen molar-refractivity contribution in [3.63, 3.8) is 0 Å². The number of rotatable bonds is 2. The highest BCUT2D eigenvalue weighted by molar-refractivity contribution is 5.68. The van der Waals surface area contributed by atoms with Gasteiger partial charge in [0.25, 0.3) is 0 Å². The summed E-state index contributed by atoms with van der Waals surface area (Å²) in [6.07, 6.45) is 1.53. The van der Waals surface area contributed by atoms with Gasteiger partial charge in [-0.15, -0.1) is 0 Å². The average molecular weight is 294 g/mol. The molecule has 1 aliphatic heterocycles. The second-order valence-corrected chi connectivity index (χ2v) is 6.41. The van der Waals surface area contributed by atoms with E-state index in [0.717, 1.165) is 25.1 Å². The van der Waals surface area contributed by atoms with Gasteiger partial charge in [-0.1, -0.05) is 0 Å². The third kappa shape index (κ3) is 4.92. The van der Waals surface area contributed by atoms with E-state index in [9.17, 15) is 9.18 Å². The zero-order valence-electron chi connectivity index (χ0n) is 12.9. The van der Waals surface area contributed by atoms with Crippen molar-refractivity contribution in [3.8, 4) is 0 Å². The molecule has 1 aliphatic rings. The fourth-order valence-corrected chi connectivity index (χ4v) is 2.46. The van der Waals surface area contributed by atoms with Gasteiger partial charge < -0.3 is 15.0 Å². The van der Waals surface area contributed by atoms with Gasteiger partial charge in [-0.2, -0.15) is 0 Å². The summed E-state index contributed by atoms with van der Waals surface area (Å²) in [5.41, 5.74) is 0.488. The lowest BCUT2D eigenvalue weighted by molar-refractivity contribution is 0.0500. The number of halogens is 1. The SMILES string of the molecule is CC(C)(C)OC(=O)NC1CCCN(c2ccc(F)cc2)C1. The highest BCUT2D eigenvalue weighted by Gasteiger charge is 2.24. The van der Waals surface area contributed by atoms with E-state index in [1.165, 1.54) is 12.1 Å². The fraction of sp³-hybridized carbons (Fsp3) is 0.562.